The lowest BCUT2D eigenvalue weighted by molar-refractivity contribution is -0.385. The maximum Gasteiger partial charge on any atom is 0.284 e. The number of nitrogens with zero attached hydrogens (tertiary/aromatic N) is 2. The summed E-state index contributed by atoms with van der Waals surface area (Å²) in [6, 6.07) is 8.48. The molecule has 0 fully saturated rings. The lowest BCUT2D eigenvalue weighted by Gasteiger charge is -2.07. The molecule has 2 rings (SSSR count). The predicted molar refractivity (Wildman–Crippen MR) is 88.8 cm³/mol. The van der Waals surface area contributed by atoms with E-state index >= 15 is 0 Å². The fourth-order valence-corrected chi connectivity index (χ4v) is 2.18. The molecule has 0 bridgehead atoms. The number of hydrazine groups is 1. The summed E-state index contributed by atoms with van der Waals surface area (Å²) in [7, 11) is 0. The Labute approximate surface area is 148 Å². The first-order valence-electron chi connectivity index (χ1n) is 6.58. The molecule has 0 aromatic heterocycles. The topological polar surface area (TPSA) is 144 Å². The van der Waals surface area contributed by atoms with Gasteiger partial charge in [-0.3, -0.25) is 40.7 Å². The molecule has 0 saturated heterocycles. The zero-order valence-electron chi connectivity index (χ0n) is 12.3. The van der Waals surface area contributed by atoms with Crippen LogP contribution in [-0.4, -0.2) is 21.7 Å². The van der Waals surface area contributed by atoms with Crippen molar-refractivity contribution in [1.82, 2.24) is 10.9 Å². The van der Waals surface area contributed by atoms with E-state index < -0.39 is 21.7 Å². The van der Waals surface area contributed by atoms with Crippen molar-refractivity contribution in [3.05, 3.63) is 78.3 Å². The van der Waals surface area contributed by atoms with Crippen LogP contribution in [0.2, 0.25) is 0 Å². The Morgan fingerprint density at radius 1 is 0.840 bits per heavy atom. The second-order valence-electron chi connectivity index (χ2n) is 4.64. The molecule has 25 heavy (non-hydrogen) atoms. The molecule has 0 atom stereocenters. The van der Waals surface area contributed by atoms with Gasteiger partial charge in [0.1, 0.15) is 0 Å². The molecule has 2 aromatic rings. The number of non-ortho nitro benzene ring substituents is 1. The highest BCUT2D eigenvalue weighted by molar-refractivity contribution is 9.10. The van der Waals surface area contributed by atoms with E-state index in [9.17, 15) is 29.8 Å². The third-order valence-corrected chi connectivity index (χ3v) is 3.71. The van der Waals surface area contributed by atoms with Gasteiger partial charge in [0, 0.05) is 29.3 Å². The lowest BCUT2D eigenvalue weighted by atomic mass is 10.2. The molecule has 11 heteroatoms. The van der Waals surface area contributed by atoms with Gasteiger partial charge in [0.25, 0.3) is 23.2 Å². The van der Waals surface area contributed by atoms with Gasteiger partial charge in [-0.15, -0.1) is 0 Å². The van der Waals surface area contributed by atoms with Crippen molar-refractivity contribution < 1.29 is 19.4 Å². The SMILES string of the molecule is O=C(NNC(=O)c1ccc(Br)c([N+](=O)[O-])c1)c1ccc([N+](=O)[O-])cc1. The zero-order chi connectivity index (χ0) is 18.6. The van der Waals surface area contributed by atoms with Gasteiger partial charge in [-0.1, -0.05) is 0 Å². The zero-order valence-corrected chi connectivity index (χ0v) is 13.8. The van der Waals surface area contributed by atoms with Gasteiger partial charge < -0.3 is 0 Å². The number of nitro groups is 2. The van der Waals surface area contributed by atoms with Crippen LogP contribution >= 0.6 is 15.9 Å². The molecule has 128 valence electrons. The normalized spacial score (nSPS) is 9.96. The minimum absolute atomic E-state index is 0.0288. The number of rotatable bonds is 4. The van der Waals surface area contributed by atoms with Crippen LogP contribution in [0.4, 0.5) is 11.4 Å². The van der Waals surface area contributed by atoms with Crippen LogP contribution in [0.25, 0.3) is 0 Å². The van der Waals surface area contributed by atoms with Crippen LogP contribution in [-0.2, 0) is 0 Å². The molecule has 0 aliphatic carbocycles. The lowest BCUT2D eigenvalue weighted by Crippen LogP contribution is -2.41. The van der Waals surface area contributed by atoms with Crippen LogP contribution in [0.5, 0.6) is 0 Å². The van der Waals surface area contributed by atoms with Gasteiger partial charge in [0.15, 0.2) is 0 Å². The number of hydrogen-bond acceptors (Lipinski definition) is 6. The molecule has 0 aliphatic heterocycles. The first kappa shape index (κ1) is 18.0. The average Bonchev–Trinajstić information content (AvgIpc) is 2.59. The largest absolute Gasteiger partial charge is 0.284 e. The minimum Gasteiger partial charge on any atom is -0.267 e. The standard InChI is InChI=1S/C14H9BrN4O6/c15-11-6-3-9(7-12(11)19(24)25)14(21)17-16-13(20)8-1-4-10(5-2-8)18(22)23/h1-7H,(H,16,20)(H,17,21). The molecule has 0 radical (unpaired) electrons. The number of nitrogens with one attached hydrogen (secondary N) is 2. The number of amides is 2. The molecule has 0 heterocycles. The maximum atomic E-state index is 12.0. The minimum atomic E-state index is -0.758. The van der Waals surface area contributed by atoms with Crippen LogP contribution in [0, 0.1) is 20.2 Å². The quantitative estimate of drug-likeness (QED) is 0.586. The van der Waals surface area contributed by atoms with Crippen molar-refractivity contribution in [1.29, 1.82) is 0 Å². The first-order valence-corrected chi connectivity index (χ1v) is 7.38. The first-order chi connectivity index (χ1) is 11.8. The summed E-state index contributed by atoms with van der Waals surface area (Å²) in [4.78, 5) is 44.0. The second kappa shape index (κ2) is 7.49. The summed E-state index contributed by atoms with van der Waals surface area (Å²) < 4.78 is 0.212. The summed E-state index contributed by atoms with van der Waals surface area (Å²) in [5, 5.41) is 21.4. The summed E-state index contributed by atoms with van der Waals surface area (Å²) in [5.74, 6) is -1.46. The number of halogens is 1. The molecule has 2 aromatic carbocycles. The van der Waals surface area contributed by atoms with Crippen molar-refractivity contribution in [2.75, 3.05) is 0 Å². The van der Waals surface area contributed by atoms with Gasteiger partial charge in [-0.25, -0.2) is 0 Å². The Balaban J connectivity index is 2.04. The molecule has 0 aliphatic rings. The third-order valence-electron chi connectivity index (χ3n) is 3.03. The summed E-state index contributed by atoms with van der Waals surface area (Å²) in [6.45, 7) is 0. The van der Waals surface area contributed by atoms with Crippen LogP contribution in [0.1, 0.15) is 20.7 Å². The molecular formula is C14H9BrN4O6. The Morgan fingerprint density at radius 2 is 1.36 bits per heavy atom. The number of hydrogen-bond donors (Lipinski definition) is 2. The molecule has 0 spiro atoms. The number of carbonyl (C=O) groups excluding carboxylic acids is 2. The molecule has 10 nitrogen and oxygen atoms in total. The fourth-order valence-electron chi connectivity index (χ4n) is 1.79. The number of carbonyl (C=O) groups is 2. The van der Waals surface area contributed by atoms with E-state index in [1.54, 1.807) is 0 Å². The van der Waals surface area contributed by atoms with Crippen molar-refractivity contribution in [2.24, 2.45) is 0 Å². The Bertz CT molecular complexity index is 868. The highest BCUT2D eigenvalue weighted by Gasteiger charge is 2.17. The molecular weight excluding hydrogens is 400 g/mol. The molecule has 0 saturated carbocycles. The van der Waals surface area contributed by atoms with Crippen LogP contribution in [0.3, 0.4) is 0 Å². The molecule has 2 amide bonds. The highest BCUT2D eigenvalue weighted by Crippen LogP contribution is 2.25. The Kier molecular flexibility index (Phi) is 5.39. The predicted octanol–water partition coefficient (Wildman–Crippen LogP) is 2.34. The smallest absolute Gasteiger partial charge is 0.267 e. The van der Waals surface area contributed by atoms with Crippen molar-refractivity contribution in [3.63, 3.8) is 0 Å². The van der Waals surface area contributed by atoms with E-state index in [1.807, 2.05) is 0 Å². The highest BCUT2D eigenvalue weighted by atomic mass is 79.9. The number of benzene rings is 2. The van der Waals surface area contributed by atoms with Crippen molar-refractivity contribution in [3.8, 4) is 0 Å². The van der Waals surface area contributed by atoms with E-state index in [-0.39, 0.29) is 27.0 Å². The third kappa shape index (κ3) is 4.35. The van der Waals surface area contributed by atoms with Gasteiger partial charge in [0.2, 0.25) is 0 Å². The van der Waals surface area contributed by atoms with E-state index in [1.165, 1.54) is 24.3 Å². The van der Waals surface area contributed by atoms with Crippen LogP contribution in [0.15, 0.2) is 46.9 Å². The van der Waals surface area contributed by atoms with E-state index in [4.69, 9.17) is 0 Å². The summed E-state index contributed by atoms with van der Waals surface area (Å²) in [6.07, 6.45) is 0. The van der Waals surface area contributed by atoms with Crippen molar-refractivity contribution >= 4 is 39.1 Å². The fraction of sp³-hybridized carbons (Fsp3) is 0. The van der Waals surface area contributed by atoms with Crippen molar-refractivity contribution in [2.45, 2.75) is 0 Å². The van der Waals surface area contributed by atoms with Gasteiger partial charge in [-0.05, 0) is 40.2 Å². The van der Waals surface area contributed by atoms with Crippen LogP contribution < -0.4 is 10.9 Å². The molecule has 2 N–H and O–H groups in total. The monoisotopic (exact) mass is 408 g/mol. The Hall–Kier alpha value is -3.34. The summed E-state index contributed by atoms with van der Waals surface area (Å²) >= 11 is 3.00. The average molecular weight is 409 g/mol. The van der Waals surface area contributed by atoms with Gasteiger partial charge in [-0.2, -0.15) is 0 Å². The summed E-state index contributed by atoms with van der Waals surface area (Å²) in [5.41, 5.74) is 3.82. The Morgan fingerprint density at radius 3 is 1.88 bits per heavy atom. The molecule has 0 unspecified atom stereocenters. The van der Waals surface area contributed by atoms with E-state index in [0.29, 0.717) is 0 Å². The number of nitro benzene ring substituents is 2. The van der Waals surface area contributed by atoms with Gasteiger partial charge >= 0.3 is 0 Å². The second-order valence-corrected chi connectivity index (χ2v) is 5.49. The van der Waals surface area contributed by atoms with Gasteiger partial charge in [0.05, 0.1) is 14.3 Å². The van der Waals surface area contributed by atoms with E-state index in [0.717, 1.165) is 18.2 Å². The van der Waals surface area contributed by atoms with E-state index in [2.05, 4.69) is 26.8 Å². The maximum absolute atomic E-state index is 12.0.